The summed E-state index contributed by atoms with van der Waals surface area (Å²) >= 11 is 0. The largest absolute Gasteiger partial charge is 0.384 e. The first-order valence-electron chi connectivity index (χ1n) is 6.09. The van der Waals surface area contributed by atoms with Crippen molar-refractivity contribution in [2.75, 3.05) is 5.73 Å². The van der Waals surface area contributed by atoms with Crippen LogP contribution in [0, 0.1) is 34.6 Å². The minimum Gasteiger partial charge on any atom is -0.384 e. The maximum Gasteiger partial charge on any atom is 0.162 e. The Morgan fingerprint density at radius 1 is 0.833 bits per heavy atom. The van der Waals surface area contributed by atoms with E-state index < -0.39 is 0 Å². The second-order valence-electron chi connectivity index (χ2n) is 4.81. The van der Waals surface area contributed by atoms with Crippen LogP contribution in [0.4, 0.5) is 5.82 Å². The van der Waals surface area contributed by atoms with E-state index in [0.29, 0.717) is 5.82 Å². The van der Waals surface area contributed by atoms with Gasteiger partial charge in [0.2, 0.25) is 0 Å². The Hall–Kier alpha value is -1.90. The summed E-state index contributed by atoms with van der Waals surface area (Å²) in [6.45, 7) is 10.7. The molecule has 18 heavy (non-hydrogen) atoms. The van der Waals surface area contributed by atoms with Crippen molar-refractivity contribution in [2.24, 2.45) is 0 Å². The zero-order valence-electron chi connectivity index (χ0n) is 11.6. The van der Waals surface area contributed by atoms with Gasteiger partial charge in [-0.15, -0.1) is 0 Å². The van der Waals surface area contributed by atoms with Crippen LogP contribution in [0.15, 0.2) is 12.3 Å². The molecule has 0 spiro atoms. The van der Waals surface area contributed by atoms with Crippen molar-refractivity contribution in [1.29, 1.82) is 0 Å². The van der Waals surface area contributed by atoms with Gasteiger partial charge in [0.15, 0.2) is 5.82 Å². The van der Waals surface area contributed by atoms with Crippen molar-refractivity contribution < 1.29 is 0 Å². The predicted octanol–water partition coefficient (Wildman–Crippen LogP) is 3.27. The molecule has 0 bridgehead atoms. The standard InChI is InChI=1S/C15H19N3/c1-8-9(2)11(4)14(12(5)10(8)3)15-17-7-6-13(16)18-15/h6-7H,1-5H3,(H2,16,17,18). The third kappa shape index (κ3) is 1.86. The summed E-state index contributed by atoms with van der Waals surface area (Å²) in [6, 6.07) is 1.71. The van der Waals surface area contributed by atoms with Gasteiger partial charge in [0, 0.05) is 11.8 Å². The smallest absolute Gasteiger partial charge is 0.162 e. The molecule has 0 amide bonds. The van der Waals surface area contributed by atoms with Crippen LogP contribution in [0.5, 0.6) is 0 Å². The molecule has 3 nitrogen and oxygen atoms in total. The van der Waals surface area contributed by atoms with Crippen molar-refractivity contribution in [1.82, 2.24) is 9.97 Å². The number of hydrogen-bond acceptors (Lipinski definition) is 3. The molecule has 94 valence electrons. The van der Waals surface area contributed by atoms with Gasteiger partial charge in [-0.1, -0.05) is 0 Å². The Morgan fingerprint density at radius 2 is 1.33 bits per heavy atom. The Morgan fingerprint density at radius 3 is 1.83 bits per heavy atom. The second-order valence-corrected chi connectivity index (χ2v) is 4.81. The maximum absolute atomic E-state index is 5.75. The molecular formula is C15H19N3. The molecule has 2 N–H and O–H groups in total. The summed E-state index contributed by atoms with van der Waals surface area (Å²) in [6.07, 6.45) is 1.71. The molecule has 2 rings (SSSR count). The van der Waals surface area contributed by atoms with Crippen LogP contribution >= 0.6 is 0 Å². The minimum atomic E-state index is 0.509. The molecule has 1 heterocycles. The van der Waals surface area contributed by atoms with Crippen LogP contribution in [0.3, 0.4) is 0 Å². The van der Waals surface area contributed by atoms with Gasteiger partial charge in [-0.05, 0) is 68.5 Å². The fourth-order valence-electron chi connectivity index (χ4n) is 2.33. The Labute approximate surface area is 108 Å². The van der Waals surface area contributed by atoms with Gasteiger partial charge >= 0.3 is 0 Å². The summed E-state index contributed by atoms with van der Waals surface area (Å²) in [5.74, 6) is 1.23. The van der Waals surface area contributed by atoms with E-state index in [0.717, 1.165) is 11.4 Å². The van der Waals surface area contributed by atoms with Gasteiger partial charge < -0.3 is 5.73 Å². The zero-order valence-corrected chi connectivity index (χ0v) is 11.6. The zero-order chi connectivity index (χ0) is 13.4. The Bertz CT molecular complexity index is 586. The van der Waals surface area contributed by atoms with Crippen LogP contribution in [0.2, 0.25) is 0 Å². The molecule has 0 aliphatic carbocycles. The molecule has 0 radical (unpaired) electrons. The summed E-state index contributed by atoms with van der Waals surface area (Å²) in [7, 11) is 0. The van der Waals surface area contributed by atoms with E-state index >= 15 is 0 Å². The van der Waals surface area contributed by atoms with Crippen molar-refractivity contribution in [2.45, 2.75) is 34.6 Å². The maximum atomic E-state index is 5.75. The van der Waals surface area contributed by atoms with Crippen LogP contribution in [-0.4, -0.2) is 9.97 Å². The van der Waals surface area contributed by atoms with Crippen LogP contribution in [0.1, 0.15) is 27.8 Å². The number of aromatic nitrogens is 2. The van der Waals surface area contributed by atoms with E-state index in [1.54, 1.807) is 12.3 Å². The Balaban J connectivity index is 2.80. The lowest BCUT2D eigenvalue weighted by Crippen LogP contribution is -2.03. The third-order valence-corrected chi connectivity index (χ3v) is 3.90. The highest BCUT2D eigenvalue weighted by molar-refractivity contribution is 5.70. The van der Waals surface area contributed by atoms with Gasteiger partial charge in [0.25, 0.3) is 0 Å². The first kappa shape index (κ1) is 12.6. The average molecular weight is 241 g/mol. The van der Waals surface area contributed by atoms with E-state index in [1.807, 2.05) is 0 Å². The molecule has 0 atom stereocenters. The number of nitrogen functional groups attached to an aromatic ring is 1. The van der Waals surface area contributed by atoms with E-state index in [-0.39, 0.29) is 0 Å². The third-order valence-electron chi connectivity index (χ3n) is 3.90. The molecule has 2 aromatic rings. The lowest BCUT2D eigenvalue weighted by atomic mass is 9.89. The molecule has 0 saturated heterocycles. The monoisotopic (exact) mass is 241 g/mol. The summed E-state index contributed by atoms with van der Waals surface area (Å²) in [5, 5.41) is 0. The highest BCUT2D eigenvalue weighted by atomic mass is 14.9. The van der Waals surface area contributed by atoms with Crippen LogP contribution in [-0.2, 0) is 0 Å². The quantitative estimate of drug-likeness (QED) is 0.833. The second kappa shape index (κ2) is 4.41. The van der Waals surface area contributed by atoms with Gasteiger partial charge in [-0.2, -0.15) is 0 Å². The van der Waals surface area contributed by atoms with E-state index in [1.165, 1.54) is 27.8 Å². The highest BCUT2D eigenvalue weighted by Crippen LogP contribution is 2.32. The molecule has 1 aromatic heterocycles. The molecule has 0 saturated carbocycles. The first-order chi connectivity index (χ1) is 8.43. The fourth-order valence-corrected chi connectivity index (χ4v) is 2.33. The van der Waals surface area contributed by atoms with Gasteiger partial charge in [0.05, 0.1) is 0 Å². The average Bonchev–Trinajstić information content (AvgIpc) is 2.34. The van der Waals surface area contributed by atoms with Crippen LogP contribution < -0.4 is 5.73 Å². The van der Waals surface area contributed by atoms with Crippen molar-refractivity contribution >= 4 is 5.82 Å². The molecular weight excluding hydrogens is 222 g/mol. The SMILES string of the molecule is Cc1c(C)c(C)c(-c2nccc(N)n2)c(C)c1C. The van der Waals surface area contributed by atoms with E-state index in [2.05, 4.69) is 44.6 Å². The molecule has 0 fully saturated rings. The van der Waals surface area contributed by atoms with E-state index in [9.17, 15) is 0 Å². The van der Waals surface area contributed by atoms with E-state index in [4.69, 9.17) is 5.73 Å². The van der Waals surface area contributed by atoms with Crippen LogP contribution in [0.25, 0.3) is 11.4 Å². The normalized spacial score (nSPS) is 10.7. The van der Waals surface area contributed by atoms with Crippen molar-refractivity contribution in [3.63, 3.8) is 0 Å². The number of nitrogens with two attached hydrogens (primary N) is 1. The molecule has 1 aromatic carbocycles. The topological polar surface area (TPSA) is 51.8 Å². The molecule has 3 heteroatoms. The predicted molar refractivity (Wildman–Crippen MR) is 75.6 cm³/mol. The van der Waals surface area contributed by atoms with Gasteiger partial charge in [0.1, 0.15) is 5.82 Å². The highest BCUT2D eigenvalue weighted by Gasteiger charge is 2.15. The molecule has 0 aliphatic rings. The number of rotatable bonds is 1. The van der Waals surface area contributed by atoms with Gasteiger partial charge in [-0.3, -0.25) is 0 Å². The van der Waals surface area contributed by atoms with Gasteiger partial charge in [-0.25, -0.2) is 9.97 Å². The first-order valence-corrected chi connectivity index (χ1v) is 6.09. The summed E-state index contributed by atoms with van der Waals surface area (Å²) in [5.41, 5.74) is 13.3. The lowest BCUT2D eigenvalue weighted by molar-refractivity contribution is 1.12. The number of anilines is 1. The summed E-state index contributed by atoms with van der Waals surface area (Å²) < 4.78 is 0. The van der Waals surface area contributed by atoms with Crippen molar-refractivity contribution in [3.05, 3.63) is 40.1 Å². The lowest BCUT2D eigenvalue weighted by Gasteiger charge is -2.17. The summed E-state index contributed by atoms with van der Waals surface area (Å²) in [4.78, 5) is 8.70. The fraction of sp³-hybridized carbons (Fsp3) is 0.333. The number of benzene rings is 1. The molecule has 0 aliphatic heterocycles. The number of hydrogen-bond donors (Lipinski definition) is 1. The Kier molecular flexibility index (Phi) is 3.07. The minimum absolute atomic E-state index is 0.509. The molecule has 0 unspecified atom stereocenters. The number of nitrogens with zero attached hydrogens (tertiary/aromatic N) is 2. The van der Waals surface area contributed by atoms with Crippen molar-refractivity contribution in [3.8, 4) is 11.4 Å².